The van der Waals surface area contributed by atoms with Crippen LogP contribution in [0.1, 0.15) is 53.1 Å². The molecule has 138 valence electrons. The number of aromatic amines is 1. The van der Waals surface area contributed by atoms with Gasteiger partial charge in [0, 0.05) is 29.1 Å². The molecule has 3 N–H and O–H groups in total. The van der Waals surface area contributed by atoms with Crippen LogP contribution in [0.4, 0.5) is 0 Å². The molecule has 7 heteroatoms. The number of hydrogen-bond donors (Lipinski definition) is 3. The van der Waals surface area contributed by atoms with E-state index in [1.54, 1.807) is 24.4 Å². The molecule has 1 aromatic heterocycles. The van der Waals surface area contributed by atoms with E-state index >= 15 is 0 Å². The van der Waals surface area contributed by atoms with Crippen LogP contribution >= 0.6 is 15.9 Å². The van der Waals surface area contributed by atoms with Gasteiger partial charge in [0.15, 0.2) is 5.78 Å². The van der Waals surface area contributed by atoms with Gasteiger partial charge in [-0.25, -0.2) is 0 Å². The molecule has 26 heavy (non-hydrogen) atoms. The molecule has 0 aliphatic rings. The number of hydrogen-bond acceptors (Lipinski definition) is 3. The van der Waals surface area contributed by atoms with Crippen molar-refractivity contribution in [3.05, 3.63) is 57.8 Å². The topological polar surface area (TPSA) is 91.1 Å². The summed E-state index contributed by atoms with van der Waals surface area (Å²) in [4.78, 5) is 38.5. The van der Waals surface area contributed by atoms with Gasteiger partial charge >= 0.3 is 0 Å². The second-order valence-electron chi connectivity index (χ2n) is 6.45. The van der Waals surface area contributed by atoms with Crippen molar-refractivity contribution in [3.63, 3.8) is 0 Å². The van der Waals surface area contributed by atoms with Gasteiger partial charge in [-0.15, -0.1) is 0 Å². The Morgan fingerprint density at radius 2 is 1.77 bits per heavy atom. The highest BCUT2D eigenvalue weighted by atomic mass is 79.9. The van der Waals surface area contributed by atoms with Crippen molar-refractivity contribution in [2.24, 2.45) is 5.92 Å². The Labute approximate surface area is 160 Å². The maximum atomic E-state index is 12.2. The highest BCUT2D eigenvalue weighted by molar-refractivity contribution is 9.10. The second kappa shape index (κ2) is 9.33. The number of ketones is 1. The second-order valence-corrected chi connectivity index (χ2v) is 7.37. The molecule has 0 saturated heterocycles. The molecule has 1 aromatic carbocycles. The van der Waals surface area contributed by atoms with Gasteiger partial charge < -0.3 is 4.98 Å². The Morgan fingerprint density at radius 1 is 1.08 bits per heavy atom. The summed E-state index contributed by atoms with van der Waals surface area (Å²) in [7, 11) is 0. The van der Waals surface area contributed by atoms with E-state index in [4.69, 9.17) is 0 Å². The molecule has 2 rings (SSSR count). The fourth-order valence-electron chi connectivity index (χ4n) is 2.42. The molecule has 0 aliphatic carbocycles. The van der Waals surface area contributed by atoms with Gasteiger partial charge in [-0.1, -0.05) is 38.1 Å². The first kappa shape index (κ1) is 19.9. The smallest absolute Gasteiger partial charge is 0.286 e. The van der Waals surface area contributed by atoms with E-state index in [-0.39, 0.29) is 18.6 Å². The number of carbonyl (C=O) groups excluding carboxylic acids is 3. The number of benzene rings is 1. The summed E-state index contributed by atoms with van der Waals surface area (Å²) < 4.78 is 0.735. The van der Waals surface area contributed by atoms with Crippen molar-refractivity contribution < 1.29 is 14.4 Å². The van der Waals surface area contributed by atoms with Gasteiger partial charge in [0.25, 0.3) is 5.91 Å². The first-order valence-electron chi connectivity index (χ1n) is 8.40. The molecule has 2 amide bonds. The summed E-state index contributed by atoms with van der Waals surface area (Å²) in [6.07, 6.45) is 2.66. The number of Topliss-reactive ketones (excluding diaryl/α,β-unsaturated/α-hetero) is 1. The van der Waals surface area contributed by atoms with E-state index in [9.17, 15) is 14.4 Å². The number of hydrazine groups is 1. The normalized spacial score (nSPS) is 10.6. The van der Waals surface area contributed by atoms with E-state index in [2.05, 4.69) is 45.6 Å². The van der Waals surface area contributed by atoms with Crippen LogP contribution in [0.25, 0.3) is 0 Å². The zero-order valence-electron chi connectivity index (χ0n) is 14.8. The summed E-state index contributed by atoms with van der Waals surface area (Å²) in [6, 6.07) is 9.07. The summed E-state index contributed by atoms with van der Waals surface area (Å²) >= 11 is 3.22. The molecule has 0 atom stereocenters. The van der Waals surface area contributed by atoms with Crippen molar-refractivity contribution in [3.8, 4) is 0 Å². The lowest BCUT2D eigenvalue weighted by Crippen LogP contribution is -2.41. The predicted octanol–water partition coefficient (Wildman–Crippen LogP) is 3.40. The lowest BCUT2D eigenvalue weighted by Gasteiger charge is -2.07. The van der Waals surface area contributed by atoms with Gasteiger partial charge in [0.2, 0.25) is 5.91 Å². The van der Waals surface area contributed by atoms with E-state index in [0.29, 0.717) is 17.2 Å². The van der Waals surface area contributed by atoms with Crippen LogP contribution in [0, 0.1) is 5.92 Å². The van der Waals surface area contributed by atoms with Crippen LogP contribution in [0.15, 0.2) is 41.0 Å². The molecular weight excluding hydrogens is 398 g/mol. The molecule has 0 saturated carbocycles. The minimum atomic E-state index is -0.462. The lowest BCUT2D eigenvalue weighted by molar-refractivity contribution is -0.121. The quantitative estimate of drug-likeness (QED) is 0.474. The lowest BCUT2D eigenvalue weighted by atomic mass is 9.99. The third kappa shape index (κ3) is 6.15. The zero-order valence-corrected chi connectivity index (χ0v) is 16.4. The van der Waals surface area contributed by atoms with Crippen LogP contribution in [-0.4, -0.2) is 22.6 Å². The van der Waals surface area contributed by atoms with Crippen LogP contribution in [0.3, 0.4) is 0 Å². The third-order valence-electron chi connectivity index (χ3n) is 3.71. The summed E-state index contributed by atoms with van der Waals surface area (Å²) in [6.45, 7) is 4.29. The van der Waals surface area contributed by atoms with Crippen LogP contribution in [0.2, 0.25) is 0 Å². The van der Waals surface area contributed by atoms with Crippen molar-refractivity contribution in [2.45, 2.75) is 33.1 Å². The minimum absolute atomic E-state index is 0.00127. The van der Waals surface area contributed by atoms with Gasteiger partial charge in [-0.3, -0.25) is 25.2 Å². The summed E-state index contributed by atoms with van der Waals surface area (Å²) in [5.74, 6) is -0.428. The number of H-pyrrole nitrogens is 1. The van der Waals surface area contributed by atoms with Gasteiger partial charge in [0.05, 0.1) is 0 Å². The molecule has 0 bridgehead atoms. The van der Waals surface area contributed by atoms with Crippen LogP contribution in [0.5, 0.6) is 0 Å². The number of carbonyl (C=O) groups is 3. The highest BCUT2D eigenvalue weighted by Gasteiger charge is 2.12. The number of amides is 2. The largest absolute Gasteiger partial charge is 0.356 e. The number of aromatic nitrogens is 1. The van der Waals surface area contributed by atoms with Gasteiger partial charge in [0.1, 0.15) is 5.69 Å². The van der Waals surface area contributed by atoms with Crippen molar-refractivity contribution in [1.82, 2.24) is 15.8 Å². The van der Waals surface area contributed by atoms with Crippen molar-refractivity contribution >= 4 is 33.5 Å². The minimum Gasteiger partial charge on any atom is -0.356 e. The van der Waals surface area contributed by atoms with E-state index in [1.165, 1.54) is 5.56 Å². The number of rotatable bonds is 7. The Kier molecular flexibility index (Phi) is 7.15. The number of halogens is 1. The average Bonchev–Trinajstić information content (AvgIpc) is 3.04. The third-order valence-corrected chi connectivity index (χ3v) is 4.16. The highest BCUT2D eigenvalue weighted by Crippen LogP contribution is 2.12. The van der Waals surface area contributed by atoms with Crippen LogP contribution in [-0.2, 0) is 11.2 Å². The van der Waals surface area contributed by atoms with E-state index < -0.39 is 11.8 Å². The van der Waals surface area contributed by atoms with Gasteiger partial charge in [-0.2, -0.15) is 0 Å². The fraction of sp³-hybridized carbons (Fsp3) is 0.316. The van der Waals surface area contributed by atoms with Gasteiger partial charge in [-0.05, 0) is 39.9 Å². The SMILES string of the molecule is CC(C)Cc1ccc(C(=O)CCC(=O)NNC(=O)c2cc(Br)c[nH]2)cc1. The Hall–Kier alpha value is -2.41. The molecule has 0 aliphatic heterocycles. The van der Waals surface area contributed by atoms with E-state index in [0.717, 1.165) is 10.9 Å². The zero-order chi connectivity index (χ0) is 19.1. The van der Waals surface area contributed by atoms with Crippen LogP contribution < -0.4 is 10.9 Å². The molecular formula is C19H22BrN3O3. The Bertz CT molecular complexity index is 782. The molecule has 1 heterocycles. The first-order chi connectivity index (χ1) is 12.3. The molecule has 0 unspecified atom stereocenters. The maximum absolute atomic E-state index is 12.2. The molecule has 2 aromatic rings. The Balaban J connectivity index is 1.76. The monoisotopic (exact) mass is 419 g/mol. The molecule has 0 radical (unpaired) electrons. The molecule has 0 fully saturated rings. The standard InChI is InChI=1S/C19H22BrN3O3/c1-12(2)9-13-3-5-14(6-4-13)17(24)7-8-18(25)22-23-19(26)16-10-15(20)11-21-16/h3-6,10-12,21H,7-9H2,1-2H3,(H,22,25)(H,23,26). The Morgan fingerprint density at radius 3 is 2.35 bits per heavy atom. The molecule has 0 spiro atoms. The van der Waals surface area contributed by atoms with Crippen molar-refractivity contribution in [1.29, 1.82) is 0 Å². The van der Waals surface area contributed by atoms with E-state index in [1.807, 2.05) is 12.1 Å². The number of nitrogens with one attached hydrogen (secondary N) is 3. The maximum Gasteiger partial charge on any atom is 0.286 e. The summed E-state index contributed by atoms with van der Waals surface area (Å²) in [5, 5.41) is 0. The fourth-order valence-corrected chi connectivity index (χ4v) is 2.77. The first-order valence-corrected chi connectivity index (χ1v) is 9.19. The summed E-state index contributed by atoms with van der Waals surface area (Å²) in [5.41, 5.74) is 6.69. The van der Waals surface area contributed by atoms with Crippen molar-refractivity contribution in [2.75, 3.05) is 0 Å². The molecule has 6 nitrogen and oxygen atoms in total. The average molecular weight is 420 g/mol. The predicted molar refractivity (Wildman–Crippen MR) is 103 cm³/mol.